The SMILES string of the molecule is COc1ccc(C(C)NC(=O)C(=O)Nc2cc(Cl)ccc2Cl)cc1OC. The van der Waals surface area contributed by atoms with Gasteiger partial charge in [0.15, 0.2) is 11.5 Å². The van der Waals surface area contributed by atoms with Crippen LogP contribution in [-0.4, -0.2) is 26.0 Å². The molecular formula is C18H18Cl2N2O4. The van der Waals surface area contributed by atoms with Gasteiger partial charge in [0.05, 0.1) is 31.0 Å². The minimum absolute atomic E-state index is 0.262. The summed E-state index contributed by atoms with van der Waals surface area (Å²) in [6.07, 6.45) is 0. The third-order valence-electron chi connectivity index (χ3n) is 3.64. The number of anilines is 1. The van der Waals surface area contributed by atoms with Gasteiger partial charge in [-0.2, -0.15) is 0 Å². The molecule has 1 atom stereocenters. The normalized spacial score (nSPS) is 11.4. The highest BCUT2D eigenvalue weighted by molar-refractivity contribution is 6.42. The van der Waals surface area contributed by atoms with Crippen molar-refractivity contribution in [3.63, 3.8) is 0 Å². The van der Waals surface area contributed by atoms with Gasteiger partial charge in [-0.3, -0.25) is 9.59 Å². The van der Waals surface area contributed by atoms with Gasteiger partial charge in [-0.05, 0) is 42.8 Å². The Balaban J connectivity index is 2.06. The van der Waals surface area contributed by atoms with E-state index < -0.39 is 17.9 Å². The molecule has 138 valence electrons. The number of hydrogen-bond acceptors (Lipinski definition) is 4. The van der Waals surface area contributed by atoms with Crippen molar-refractivity contribution in [3.05, 3.63) is 52.0 Å². The van der Waals surface area contributed by atoms with Crippen LogP contribution in [0.4, 0.5) is 5.69 Å². The van der Waals surface area contributed by atoms with E-state index >= 15 is 0 Å². The molecule has 0 radical (unpaired) electrons. The fourth-order valence-corrected chi connectivity index (χ4v) is 2.58. The van der Waals surface area contributed by atoms with Gasteiger partial charge in [0.25, 0.3) is 0 Å². The molecule has 0 aliphatic carbocycles. The second-order valence-corrected chi connectivity index (χ2v) is 6.23. The van der Waals surface area contributed by atoms with Crippen LogP contribution in [0, 0.1) is 0 Å². The Morgan fingerprint density at radius 2 is 1.65 bits per heavy atom. The Bertz CT molecular complexity index is 827. The molecule has 0 bridgehead atoms. The number of carbonyl (C=O) groups is 2. The summed E-state index contributed by atoms with van der Waals surface area (Å²) in [4.78, 5) is 24.2. The summed E-state index contributed by atoms with van der Waals surface area (Å²) < 4.78 is 10.4. The van der Waals surface area contributed by atoms with Gasteiger partial charge in [0.1, 0.15) is 0 Å². The molecule has 2 N–H and O–H groups in total. The lowest BCUT2D eigenvalue weighted by Crippen LogP contribution is -2.37. The van der Waals surface area contributed by atoms with Crippen molar-refractivity contribution in [1.29, 1.82) is 0 Å². The molecule has 8 heteroatoms. The molecule has 0 aromatic heterocycles. The van der Waals surface area contributed by atoms with Gasteiger partial charge < -0.3 is 20.1 Å². The first-order valence-corrected chi connectivity index (χ1v) is 8.40. The molecule has 1 unspecified atom stereocenters. The Labute approximate surface area is 161 Å². The van der Waals surface area contributed by atoms with Crippen LogP contribution in [-0.2, 0) is 9.59 Å². The number of ether oxygens (including phenoxy) is 2. The second-order valence-electron chi connectivity index (χ2n) is 5.39. The molecule has 0 saturated carbocycles. The van der Waals surface area contributed by atoms with E-state index in [0.717, 1.165) is 5.56 Å². The van der Waals surface area contributed by atoms with E-state index in [1.807, 2.05) is 0 Å². The maximum absolute atomic E-state index is 12.1. The summed E-state index contributed by atoms with van der Waals surface area (Å²) in [6.45, 7) is 1.75. The average molecular weight is 397 g/mol. The molecule has 2 rings (SSSR count). The van der Waals surface area contributed by atoms with Crippen molar-refractivity contribution in [3.8, 4) is 11.5 Å². The van der Waals surface area contributed by atoms with Crippen LogP contribution in [0.1, 0.15) is 18.5 Å². The summed E-state index contributed by atoms with van der Waals surface area (Å²) in [5.41, 5.74) is 1.02. The third-order valence-corrected chi connectivity index (χ3v) is 4.20. The van der Waals surface area contributed by atoms with Crippen LogP contribution < -0.4 is 20.1 Å². The van der Waals surface area contributed by atoms with Crippen LogP contribution in [0.2, 0.25) is 10.0 Å². The molecule has 6 nitrogen and oxygen atoms in total. The minimum Gasteiger partial charge on any atom is -0.493 e. The molecule has 2 aromatic rings. The topological polar surface area (TPSA) is 76.7 Å². The highest BCUT2D eigenvalue weighted by Crippen LogP contribution is 2.30. The standard InChI is InChI=1S/C18H18Cl2N2O4/c1-10(11-4-7-15(25-2)16(8-11)26-3)21-17(23)18(24)22-14-9-12(19)5-6-13(14)20/h4-10H,1-3H3,(H,21,23)(H,22,24). The number of nitrogens with one attached hydrogen (secondary N) is 2. The van der Waals surface area contributed by atoms with Crippen molar-refractivity contribution in [2.45, 2.75) is 13.0 Å². The fourth-order valence-electron chi connectivity index (χ4n) is 2.24. The summed E-state index contributed by atoms with van der Waals surface area (Å²) >= 11 is 11.8. The van der Waals surface area contributed by atoms with Gasteiger partial charge in [-0.15, -0.1) is 0 Å². The van der Waals surface area contributed by atoms with Crippen molar-refractivity contribution >= 4 is 40.7 Å². The molecule has 0 spiro atoms. The van der Waals surface area contributed by atoms with Crippen molar-refractivity contribution < 1.29 is 19.1 Å². The van der Waals surface area contributed by atoms with E-state index in [1.165, 1.54) is 26.4 Å². The quantitative estimate of drug-likeness (QED) is 0.752. The molecule has 26 heavy (non-hydrogen) atoms. The van der Waals surface area contributed by atoms with Crippen molar-refractivity contribution in [2.24, 2.45) is 0 Å². The summed E-state index contributed by atoms with van der Waals surface area (Å²) in [6, 6.07) is 9.38. The van der Waals surface area contributed by atoms with Gasteiger partial charge in [0, 0.05) is 5.02 Å². The number of hydrogen-bond donors (Lipinski definition) is 2. The number of carbonyl (C=O) groups excluding carboxylic acids is 2. The highest BCUT2D eigenvalue weighted by Gasteiger charge is 2.19. The Kier molecular flexibility index (Phi) is 6.71. The zero-order chi connectivity index (χ0) is 19.3. The zero-order valence-corrected chi connectivity index (χ0v) is 15.9. The summed E-state index contributed by atoms with van der Waals surface area (Å²) in [7, 11) is 3.06. The van der Waals surface area contributed by atoms with Gasteiger partial charge >= 0.3 is 11.8 Å². The monoisotopic (exact) mass is 396 g/mol. The van der Waals surface area contributed by atoms with E-state index in [4.69, 9.17) is 32.7 Å². The number of rotatable bonds is 5. The largest absolute Gasteiger partial charge is 0.493 e. The maximum Gasteiger partial charge on any atom is 0.313 e. The van der Waals surface area contributed by atoms with Crippen LogP contribution >= 0.6 is 23.2 Å². The molecule has 0 saturated heterocycles. The Morgan fingerprint density at radius 3 is 2.31 bits per heavy atom. The predicted molar refractivity (Wildman–Crippen MR) is 101 cm³/mol. The zero-order valence-electron chi connectivity index (χ0n) is 14.4. The van der Waals surface area contributed by atoms with E-state index in [0.29, 0.717) is 16.5 Å². The van der Waals surface area contributed by atoms with E-state index in [1.54, 1.807) is 31.2 Å². The number of amides is 2. The van der Waals surface area contributed by atoms with Gasteiger partial charge in [-0.1, -0.05) is 29.3 Å². The first-order chi connectivity index (χ1) is 12.3. The van der Waals surface area contributed by atoms with Crippen molar-refractivity contribution in [1.82, 2.24) is 5.32 Å². The second kappa shape index (κ2) is 8.78. The van der Waals surface area contributed by atoms with E-state index in [2.05, 4.69) is 10.6 Å². The van der Waals surface area contributed by atoms with Gasteiger partial charge in [-0.25, -0.2) is 0 Å². The van der Waals surface area contributed by atoms with Crippen LogP contribution in [0.5, 0.6) is 11.5 Å². The number of halogens is 2. The fraction of sp³-hybridized carbons (Fsp3) is 0.222. The molecule has 2 amide bonds. The molecule has 0 heterocycles. The summed E-state index contributed by atoms with van der Waals surface area (Å²) in [5, 5.41) is 5.73. The molecule has 0 aliphatic rings. The molecule has 2 aromatic carbocycles. The van der Waals surface area contributed by atoms with Crippen LogP contribution in [0.25, 0.3) is 0 Å². The highest BCUT2D eigenvalue weighted by atomic mass is 35.5. The first-order valence-electron chi connectivity index (χ1n) is 7.64. The van der Waals surface area contributed by atoms with Gasteiger partial charge in [0.2, 0.25) is 0 Å². The third kappa shape index (κ3) is 4.80. The molecular weight excluding hydrogens is 379 g/mol. The molecule has 0 fully saturated rings. The van der Waals surface area contributed by atoms with Crippen LogP contribution in [0.15, 0.2) is 36.4 Å². The Morgan fingerprint density at radius 1 is 0.962 bits per heavy atom. The van der Waals surface area contributed by atoms with E-state index in [9.17, 15) is 9.59 Å². The maximum atomic E-state index is 12.1. The molecule has 0 aliphatic heterocycles. The van der Waals surface area contributed by atoms with Crippen LogP contribution in [0.3, 0.4) is 0 Å². The minimum atomic E-state index is -0.846. The lowest BCUT2D eigenvalue weighted by molar-refractivity contribution is -0.136. The smallest absolute Gasteiger partial charge is 0.313 e. The first kappa shape index (κ1) is 19.9. The van der Waals surface area contributed by atoms with Crippen molar-refractivity contribution in [2.75, 3.05) is 19.5 Å². The Hall–Kier alpha value is -2.44. The lowest BCUT2D eigenvalue weighted by Gasteiger charge is -2.16. The predicted octanol–water partition coefficient (Wildman–Crippen LogP) is 3.83. The average Bonchev–Trinajstić information content (AvgIpc) is 2.63. The number of methoxy groups -OCH3 is 2. The number of benzene rings is 2. The van der Waals surface area contributed by atoms with E-state index in [-0.39, 0.29) is 10.7 Å². The summed E-state index contributed by atoms with van der Waals surface area (Å²) in [5.74, 6) is -0.547. The lowest BCUT2D eigenvalue weighted by atomic mass is 10.1.